The minimum Gasteiger partial charge on any atom is -0.458 e. The van der Waals surface area contributed by atoms with Gasteiger partial charge in [0.1, 0.15) is 6.61 Å². The summed E-state index contributed by atoms with van der Waals surface area (Å²) < 4.78 is 4.84. The molecule has 1 rings (SSSR count). The Morgan fingerprint density at radius 1 is 1.39 bits per heavy atom. The molecule has 0 amide bonds. The predicted molar refractivity (Wildman–Crippen MR) is 75.6 cm³/mol. The minimum absolute atomic E-state index is 0.239. The Labute approximate surface area is 108 Å². The first kappa shape index (κ1) is 14.0. The quantitative estimate of drug-likeness (QED) is 0.438. The number of hydrogen-bond donors (Lipinski definition) is 0. The van der Waals surface area contributed by atoms with Gasteiger partial charge in [0.05, 0.1) is 0 Å². The van der Waals surface area contributed by atoms with Crippen LogP contribution >= 0.6 is 0 Å². The van der Waals surface area contributed by atoms with E-state index in [1.807, 2.05) is 31.3 Å². The Balaban J connectivity index is 2.60. The zero-order chi connectivity index (χ0) is 13.4. The highest BCUT2D eigenvalue weighted by Gasteiger charge is 1.98. The van der Waals surface area contributed by atoms with Gasteiger partial charge in [-0.05, 0) is 30.7 Å². The van der Waals surface area contributed by atoms with Gasteiger partial charge in [0.2, 0.25) is 0 Å². The van der Waals surface area contributed by atoms with Gasteiger partial charge in [-0.1, -0.05) is 24.8 Å². The average Bonchev–Trinajstić information content (AvgIpc) is 2.42. The highest BCUT2D eigenvalue weighted by atomic mass is 16.5. The molecule has 18 heavy (non-hydrogen) atoms. The van der Waals surface area contributed by atoms with Gasteiger partial charge >= 0.3 is 5.97 Å². The van der Waals surface area contributed by atoms with Crippen molar-refractivity contribution in [3.05, 3.63) is 48.6 Å². The molecule has 1 aromatic rings. The maximum Gasteiger partial charge on any atom is 0.331 e. The summed E-state index contributed by atoms with van der Waals surface area (Å²) >= 11 is 0. The molecule has 0 saturated heterocycles. The van der Waals surface area contributed by atoms with E-state index in [-0.39, 0.29) is 12.6 Å². The first-order chi connectivity index (χ1) is 8.67. The highest BCUT2D eigenvalue weighted by Crippen LogP contribution is 2.14. The third-order valence-corrected chi connectivity index (χ3v) is 2.56. The molecule has 0 aromatic heterocycles. The zero-order valence-electron chi connectivity index (χ0n) is 10.9. The molecular weight excluding hydrogens is 226 g/mol. The van der Waals surface area contributed by atoms with E-state index >= 15 is 0 Å². The van der Waals surface area contributed by atoms with Crippen molar-refractivity contribution >= 4 is 17.7 Å². The van der Waals surface area contributed by atoms with Crippen LogP contribution in [-0.2, 0) is 9.53 Å². The Hall–Kier alpha value is -2.03. The molecule has 0 radical (unpaired) electrons. The smallest absolute Gasteiger partial charge is 0.331 e. The van der Waals surface area contributed by atoms with Crippen LogP contribution in [0, 0.1) is 0 Å². The van der Waals surface area contributed by atoms with Crippen LogP contribution in [0.5, 0.6) is 0 Å². The first-order valence-corrected chi connectivity index (χ1v) is 5.94. The lowest BCUT2D eigenvalue weighted by Gasteiger charge is -2.16. The van der Waals surface area contributed by atoms with Crippen molar-refractivity contribution in [1.82, 2.24) is 0 Å². The molecule has 0 aliphatic heterocycles. The van der Waals surface area contributed by atoms with Crippen LogP contribution in [0.4, 0.5) is 5.69 Å². The van der Waals surface area contributed by atoms with Crippen LogP contribution in [0.1, 0.15) is 12.5 Å². The summed E-state index contributed by atoms with van der Waals surface area (Å²) in [5.41, 5.74) is 2.13. The van der Waals surface area contributed by atoms with Gasteiger partial charge in [-0.3, -0.25) is 0 Å². The molecule has 0 atom stereocenters. The number of nitrogens with zero attached hydrogens (tertiary/aromatic N) is 1. The Bertz CT molecular complexity index is 421. The van der Waals surface area contributed by atoms with E-state index in [1.54, 1.807) is 12.2 Å². The van der Waals surface area contributed by atoms with Crippen LogP contribution < -0.4 is 4.90 Å². The standard InChI is InChI=1S/C15H19NO2/c1-4-12-18-15(17)11-8-13-6-9-14(10-7-13)16(3)5-2/h4,6-11H,1,5,12H2,2-3H3/b11-8+. The van der Waals surface area contributed by atoms with Crippen LogP contribution in [-0.4, -0.2) is 26.2 Å². The lowest BCUT2D eigenvalue weighted by molar-refractivity contribution is -0.136. The molecule has 0 N–H and O–H groups in total. The normalized spacial score (nSPS) is 10.3. The van der Waals surface area contributed by atoms with Crippen LogP contribution in [0.25, 0.3) is 6.08 Å². The Morgan fingerprint density at radius 2 is 2.06 bits per heavy atom. The first-order valence-electron chi connectivity index (χ1n) is 5.94. The van der Waals surface area contributed by atoms with Crippen LogP contribution in [0.2, 0.25) is 0 Å². The molecule has 0 aliphatic carbocycles. The second kappa shape index (κ2) is 7.33. The summed E-state index contributed by atoms with van der Waals surface area (Å²) in [7, 11) is 2.04. The van der Waals surface area contributed by atoms with Crippen molar-refractivity contribution in [3.8, 4) is 0 Å². The van der Waals surface area contributed by atoms with E-state index in [1.165, 1.54) is 6.08 Å². The topological polar surface area (TPSA) is 29.5 Å². The Morgan fingerprint density at radius 3 is 2.61 bits per heavy atom. The number of esters is 1. The summed E-state index contributed by atoms with van der Waals surface area (Å²) in [6.45, 7) is 6.78. The van der Waals surface area contributed by atoms with Crippen molar-refractivity contribution in [2.24, 2.45) is 0 Å². The summed E-state index contributed by atoms with van der Waals surface area (Å²) in [6.07, 6.45) is 4.70. The molecule has 0 fully saturated rings. The van der Waals surface area contributed by atoms with Gasteiger partial charge in [-0.2, -0.15) is 0 Å². The third-order valence-electron chi connectivity index (χ3n) is 2.56. The fourth-order valence-corrected chi connectivity index (χ4v) is 1.38. The van der Waals surface area contributed by atoms with Gasteiger partial charge in [-0.25, -0.2) is 4.79 Å². The second-order valence-electron chi connectivity index (χ2n) is 3.86. The maximum absolute atomic E-state index is 11.2. The van der Waals surface area contributed by atoms with Crippen LogP contribution in [0.15, 0.2) is 43.0 Å². The molecule has 1 aromatic carbocycles. The fraction of sp³-hybridized carbons (Fsp3) is 0.267. The number of ether oxygens (including phenoxy) is 1. The number of anilines is 1. The molecule has 0 saturated carbocycles. The number of rotatable bonds is 6. The summed E-state index contributed by atoms with van der Waals surface area (Å²) in [4.78, 5) is 13.4. The molecular formula is C15H19NO2. The lowest BCUT2D eigenvalue weighted by atomic mass is 10.2. The average molecular weight is 245 g/mol. The van der Waals surface area contributed by atoms with E-state index in [4.69, 9.17) is 4.74 Å². The minimum atomic E-state index is -0.357. The predicted octanol–water partition coefficient (Wildman–Crippen LogP) is 2.89. The van der Waals surface area contributed by atoms with Crippen molar-refractivity contribution in [1.29, 1.82) is 0 Å². The summed E-state index contributed by atoms with van der Waals surface area (Å²) in [5.74, 6) is -0.357. The molecule has 3 heteroatoms. The van der Waals surface area contributed by atoms with Crippen molar-refractivity contribution in [3.63, 3.8) is 0 Å². The second-order valence-corrected chi connectivity index (χ2v) is 3.86. The number of carbonyl (C=O) groups is 1. The lowest BCUT2D eigenvalue weighted by Crippen LogP contribution is -2.15. The van der Waals surface area contributed by atoms with Gasteiger partial charge in [-0.15, -0.1) is 0 Å². The van der Waals surface area contributed by atoms with E-state index in [0.717, 1.165) is 17.8 Å². The molecule has 0 bridgehead atoms. The molecule has 3 nitrogen and oxygen atoms in total. The van der Waals surface area contributed by atoms with Crippen molar-refractivity contribution in [2.75, 3.05) is 25.1 Å². The Kier molecular flexibility index (Phi) is 5.71. The van der Waals surface area contributed by atoms with Gasteiger partial charge < -0.3 is 9.64 Å². The third kappa shape index (κ3) is 4.45. The number of hydrogen-bond acceptors (Lipinski definition) is 3. The fourth-order valence-electron chi connectivity index (χ4n) is 1.38. The van der Waals surface area contributed by atoms with Crippen molar-refractivity contribution < 1.29 is 9.53 Å². The van der Waals surface area contributed by atoms with E-state index in [2.05, 4.69) is 18.4 Å². The molecule has 0 aliphatic rings. The largest absolute Gasteiger partial charge is 0.458 e. The highest BCUT2D eigenvalue weighted by molar-refractivity contribution is 5.87. The summed E-state index contributed by atoms with van der Waals surface area (Å²) in [5, 5.41) is 0. The van der Waals surface area contributed by atoms with E-state index in [9.17, 15) is 4.79 Å². The molecule has 0 unspecified atom stereocenters. The molecule has 0 spiro atoms. The monoisotopic (exact) mass is 245 g/mol. The van der Waals surface area contributed by atoms with E-state index in [0.29, 0.717) is 0 Å². The molecule has 96 valence electrons. The van der Waals surface area contributed by atoms with Gasteiger partial charge in [0, 0.05) is 25.4 Å². The summed E-state index contributed by atoms with van der Waals surface area (Å²) in [6, 6.07) is 7.99. The maximum atomic E-state index is 11.2. The number of benzene rings is 1. The van der Waals surface area contributed by atoms with Crippen molar-refractivity contribution in [2.45, 2.75) is 6.92 Å². The van der Waals surface area contributed by atoms with Gasteiger partial charge in [0.15, 0.2) is 0 Å². The van der Waals surface area contributed by atoms with E-state index < -0.39 is 0 Å². The number of carbonyl (C=O) groups excluding carboxylic acids is 1. The van der Waals surface area contributed by atoms with Crippen LogP contribution in [0.3, 0.4) is 0 Å². The zero-order valence-corrected chi connectivity index (χ0v) is 10.9. The SMILES string of the molecule is C=CCOC(=O)/C=C/c1ccc(N(C)CC)cc1. The van der Waals surface area contributed by atoms with Gasteiger partial charge in [0.25, 0.3) is 0 Å². The molecule has 0 heterocycles.